The van der Waals surface area contributed by atoms with Gasteiger partial charge in [-0.25, -0.2) is 9.69 Å². The maximum Gasteiger partial charge on any atom is 0.417 e. The van der Waals surface area contributed by atoms with Gasteiger partial charge in [0, 0.05) is 5.56 Å². The summed E-state index contributed by atoms with van der Waals surface area (Å²) >= 11 is 0. The van der Waals surface area contributed by atoms with Crippen LogP contribution in [0.3, 0.4) is 0 Å². The van der Waals surface area contributed by atoms with Crippen molar-refractivity contribution in [3.8, 4) is 0 Å². The van der Waals surface area contributed by atoms with Gasteiger partial charge in [0.05, 0.1) is 6.04 Å². The minimum Gasteiger partial charge on any atom is -0.439 e. The normalized spacial score (nSPS) is 22.5. The predicted octanol–water partition coefficient (Wildman–Crippen LogP) is 2.86. The largest absolute Gasteiger partial charge is 0.439 e. The van der Waals surface area contributed by atoms with Gasteiger partial charge in [0.15, 0.2) is 0 Å². The van der Waals surface area contributed by atoms with Gasteiger partial charge in [0.25, 0.3) is 5.91 Å². The van der Waals surface area contributed by atoms with Gasteiger partial charge in [-0.2, -0.15) is 0 Å². The zero-order valence-electron chi connectivity index (χ0n) is 11.1. The van der Waals surface area contributed by atoms with E-state index >= 15 is 0 Å². The highest BCUT2D eigenvalue weighted by atomic mass is 16.6. The highest BCUT2D eigenvalue weighted by Gasteiger charge is 2.45. The average Bonchev–Trinajstić information content (AvgIpc) is 2.76. The number of rotatable bonds is 3. The van der Waals surface area contributed by atoms with E-state index in [1.165, 1.54) is 4.90 Å². The van der Waals surface area contributed by atoms with Crippen LogP contribution in [0.4, 0.5) is 4.79 Å². The fourth-order valence-corrected chi connectivity index (χ4v) is 2.31. The van der Waals surface area contributed by atoms with Crippen molar-refractivity contribution in [1.82, 2.24) is 4.90 Å². The molecule has 1 aromatic carbocycles. The van der Waals surface area contributed by atoms with Gasteiger partial charge >= 0.3 is 6.09 Å². The second kappa shape index (κ2) is 5.26. The Balaban J connectivity index is 2.34. The molecule has 0 radical (unpaired) electrons. The Morgan fingerprint density at radius 3 is 2.53 bits per heavy atom. The van der Waals surface area contributed by atoms with Crippen LogP contribution in [0.15, 0.2) is 43.0 Å². The first-order valence-corrected chi connectivity index (χ1v) is 6.28. The van der Waals surface area contributed by atoms with Crippen LogP contribution in [0.1, 0.15) is 24.2 Å². The van der Waals surface area contributed by atoms with E-state index in [4.69, 9.17) is 4.74 Å². The minimum atomic E-state index is -0.600. The molecule has 0 spiro atoms. The van der Waals surface area contributed by atoms with Crippen molar-refractivity contribution in [1.29, 1.82) is 0 Å². The third-order valence-electron chi connectivity index (χ3n) is 3.22. The summed E-state index contributed by atoms with van der Waals surface area (Å²) in [6.45, 7) is 7.57. The molecular formula is C15H17NO3. The van der Waals surface area contributed by atoms with Crippen molar-refractivity contribution >= 4 is 12.0 Å². The lowest BCUT2D eigenvalue weighted by Crippen LogP contribution is -2.43. The first-order chi connectivity index (χ1) is 9.06. The number of hydrogen-bond donors (Lipinski definition) is 0. The molecule has 2 rings (SSSR count). The van der Waals surface area contributed by atoms with Gasteiger partial charge in [-0.1, -0.05) is 38.6 Å². The van der Waals surface area contributed by atoms with E-state index in [1.807, 2.05) is 19.9 Å². The van der Waals surface area contributed by atoms with Gasteiger partial charge in [-0.3, -0.25) is 4.79 Å². The quantitative estimate of drug-likeness (QED) is 0.784. The Morgan fingerprint density at radius 1 is 1.37 bits per heavy atom. The van der Waals surface area contributed by atoms with E-state index in [2.05, 4.69) is 6.58 Å². The number of carbonyl (C=O) groups is 2. The number of amides is 2. The third-order valence-corrected chi connectivity index (χ3v) is 3.22. The second-order valence-corrected chi connectivity index (χ2v) is 4.86. The molecule has 2 atom stereocenters. The molecule has 1 heterocycles. The molecule has 2 unspecified atom stereocenters. The molecule has 0 aliphatic carbocycles. The molecule has 0 aromatic heterocycles. The summed E-state index contributed by atoms with van der Waals surface area (Å²) in [6, 6.07) is 8.43. The van der Waals surface area contributed by atoms with Crippen molar-refractivity contribution in [2.45, 2.75) is 26.0 Å². The van der Waals surface area contributed by atoms with Crippen molar-refractivity contribution in [3.63, 3.8) is 0 Å². The smallest absolute Gasteiger partial charge is 0.417 e. The van der Waals surface area contributed by atoms with Crippen LogP contribution in [0.5, 0.6) is 0 Å². The van der Waals surface area contributed by atoms with Gasteiger partial charge < -0.3 is 4.74 Å². The van der Waals surface area contributed by atoms with Crippen LogP contribution in [0.2, 0.25) is 0 Å². The highest BCUT2D eigenvalue weighted by molar-refractivity contribution is 6.04. The Morgan fingerprint density at radius 2 is 2.00 bits per heavy atom. The summed E-state index contributed by atoms with van der Waals surface area (Å²) in [4.78, 5) is 25.5. The predicted molar refractivity (Wildman–Crippen MR) is 71.7 cm³/mol. The number of nitrogens with zero attached hydrogens (tertiary/aromatic N) is 1. The lowest BCUT2D eigenvalue weighted by Gasteiger charge is -2.25. The van der Waals surface area contributed by atoms with E-state index in [1.54, 1.807) is 30.3 Å². The van der Waals surface area contributed by atoms with Gasteiger partial charge in [-0.05, 0) is 24.1 Å². The number of carbonyl (C=O) groups excluding carboxylic acids is 2. The summed E-state index contributed by atoms with van der Waals surface area (Å²) in [7, 11) is 0. The third kappa shape index (κ3) is 2.38. The molecule has 4 heteroatoms. The molecule has 1 fully saturated rings. The van der Waals surface area contributed by atoms with E-state index in [9.17, 15) is 9.59 Å². The molecule has 100 valence electrons. The van der Waals surface area contributed by atoms with Crippen LogP contribution in [0, 0.1) is 5.92 Å². The van der Waals surface area contributed by atoms with Crippen molar-refractivity contribution in [3.05, 3.63) is 48.6 Å². The van der Waals surface area contributed by atoms with Crippen molar-refractivity contribution in [2.75, 3.05) is 0 Å². The first kappa shape index (κ1) is 13.3. The maximum absolute atomic E-state index is 12.4. The summed E-state index contributed by atoms with van der Waals surface area (Å²) in [6.07, 6.45) is 0.526. The lowest BCUT2D eigenvalue weighted by molar-refractivity contribution is 0.0748. The number of cyclic esters (lactones) is 1. The van der Waals surface area contributed by atoms with E-state index < -0.39 is 12.2 Å². The molecule has 19 heavy (non-hydrogen) atoms. The Hall–Kier alpha value is -2.10. The molecule has 0 bridgehead atoms. The maximum atomic E-state index is 12.4. The molecule has 1 aliphatic rings. The summed E-state index contributed by atoms with van der Waals surface area (Å²) in [5.74, 6) is -0.226. The highest BCUT2D eigenvalue weighted by Crippen LogP contribution is 2.27. The van der Waals surface area contributed by atoms with E-state index in [0.717, 1.165) is 0 Å². The number of benzene rings is 1. The Bertz CT molecular complexity index is 495. The van der Waals surface area contributed by atoms with Crippen molar-refractivity contribution in [2.24, 2.45) is 5.92 Å². The molecule has 2 amide bonds. The second-order valence-electron chi connectivity index (χ2n) is 4.86. The summed E-state index contributed by atoms with van der Waals surface area (Å²) in [5.41, 5.74) is 0.481. The molecule has 4 nitrogen and oxygen atoms in total. The minimum absolute atomic E-state index is 0.0992. The van der Waals surface area contributed by atoms with Gasteiger partial charge in [0.2, 0.25) is 0 Å². The monoisotopic (exact) mass is 259 g/mol. The van der Waals surface area contributed by atoms with Crippen LogP contribution in [-0.4, -0.2) is 29.0 Å². The molecule has 0 N–H and O–H groups in total. The SMILES string of the molecule is C=CC1OC(=O)N(C(=O)c2ccccc2)C1C(C)C. The summed E-state index contributed by atoms with van der Waals surface area (Å²) < 4.78 is 5.19. The van der Waals surface area contributed by atoms with Crippen LogP contribution in [-0.2, 0) is 4.74 Å². The fraction of sp³-hybridized carbons (Fsp3) is 0.333. The molecular weight excluding hydrogens is 242 g/mol. The molecule has 1 saturated heterocycles. The Labute approximate surface area is 112 Å². The van der Waals surface area contributed by atoms with Crippen molar-refractivity contribution < 1.29 is 14.3 Å². The van der Waals surface area contributed by atoms with E-state index in [-0.39, 0.29) is 17.9 Å². The average molecular weight is 259 g/mol. The first-order valence-electron chi connectivity index (χ1n) is 6.28. The summed E-state index contributed by atoms with van der Waals surface area (Å²) in [5, 5.41) is 0. The molecule has 1 aliphatic heterocycles. The number of ether oxygens (including phenoxy) is 1. The van der Waals surface area contributed by atoms with Gasteiger partial charge in [0.1, 0.15) is 6.10 Å². The standard InChI is InChI=1S/C15H17NO3/c1-4-12-13(10(2)3)16(15(18)19-12)14(17)11-8-6-5-7-9-11/h4-10,12-13H,1H2,2-3H3. The van der Waals surface area contributed by atoms with Crippen LogP contribution < -0.4 is 0 Å². The molecule has 1 aromatic rings. The topological polar surface area (TPSA) is 46.6 Å². The fourth-order valence-electron chi connectivity index (χ4n) is 2.31. The Kier molecular flexibility index (Phi) is 3.69. The van der Waals surface area contributed by atoms with E-state index in [0.29, 0.717) is 5.56 Å². The van der Waals surface area contributed by atoms with Gasteiger partial charge in [-0.15, -0.1) is 0 Å². The molecule has 0 saturated carbocycles. The zero-order valence-corrected chi connectivity index (χ0v) is 11.1. The zero-order chi connectivity index (χ0) is 14.0. The van der Waals surface area contributed by atoms with Crippen LogP contribution >= 0.6 is 0 Å². The number of imide groups is 1. The number of hydrogen-bond acceptors (Lipinski definition) is 3. The lowest BCUT2D eigenvalue weighted by atomic mass is 9.97. The van der Waals surface area contributed by atoms with Crippen LogP contribution in [0.25, 0.3) is 0 Å².